The van der Waals surface area contributed by atoms with E-state index in [0.717, 1.165) is 53.7 Å². The van der Waals surface area contributed by atoms with Gasteiger partial charge in [0.1, 0.15) is 7.28 Å². The summed E-state index contributed by atoms with van der Waals surface area (Å²) in [6, 6.07) is 14.4. The second-order valence-electron chi connectivity index (χ2n) is 22.4. The molecular formula is C60H94B. The van der Waals surface area contributed by atoms with E-state index in [1.165, 1.54) is 190 Å². The molecule has 61 heavy (non-hydrogen) atoms. The van der Waals surface area contributed by atoms with Gasteiger partial charge in [-0.3, -0.25) is 0 Å². The van der Waals surface area contributed by atoms with Crippen LogP contribution in [0.5, 0.6) is 0 Å². The van der Waals surface area contributed by atoms with Crippen molar-refractivity contribution < 1.29 is 0 Å². The van der Waals surface area contributed by atoms with Crippen LogP contribution in [0.4, 0.5) is 0 Å². The summed E-state index contributed by atoms with van der Waals surface area (Å²) < 4.78 is 0. The van der Waals surface area contributed by atoms with Gasteiger partial charge >= 0.3 is 0 Å². The molecule has 0 amide bonds. The maximum absolute atomic E-state index is 2.52. The molecule has 1 heteroatoms. The summed E-state index contributed by atoms with van der Waals surface area (Å²) in [6.07, 6.45) is 31.6. The predicted molar refractivity (Wildman–Crippen MR) is 272 cm³/mol. The zero-order valence-electron chi connectivity index (χ0n) is 42.2. The second-order valence-corrected chi connectivity index (χ2v) is 22.4. The summed E-state index contributed by atoms with van der Waals surface area (Å²) in [6.45, 7) is 27.4. The van der Waals surface area contributed by atoms with Gasteiger partial charge in [0.25, 0.3) is 0 Å². The van der Waals surface area contributed by atoms with Crippen LogP contribution in [0.3, 0.4) is 0 Å². The lowest BCUT2D eigenvalue weighted by molar-refractivity contribution is 0.147. The fourth-order valence-corrected chi connectivity index (χ4v) is 12.0. The average Bonchev–Trinajstić information content (AvgIpc) is 3.23. The zero-order chi connectivity index (χ0) is 44.1. The van der Waals surface area contributed by atoms with Crippen LogP contribution in [0.2, 0.25) is 6.32 Å². The Morgan fingerprint density at radius 2 is 0.738 bits per heavy atom. The summed E-state index contributed by atoms with van der Waals surface area (Å²) in [4.78, 5) is 0. The molecule has 0 spiro atoms. The molecule has 0 atom stereocenters. The number of hydrogen-bond donors (Lipinski definition) is 0. The topological polar surface area (TPSA) is 0 Å². The first kappa shape index (κ1) is 49.7. The van der Waals surface area contributed by atoms with Crippen LogP contribution in [-0.4, -0.2) is 7.28 Å². The summed E-state index contributed by atoms with van der Waals surface area (Å²) >= 11 is 0. The van der Waals surface area contributed by atoms with Crippen LogP contribution in [0.1, 0.15) is 203 Å². The van der Waals surface area contributed by atoms with Crippen LogP contribution < -0.4 is 0 Å². The van der Waals surface area contributed by atoms with E-state index in [1.807, 2.05) is 0 Å². The van der Waals surface area contributed by atoms with Crippen molar-refractivity contribution >= 4 is 7.28 Å². The fraction of sp³-hybridized carbons (Fsp3) is 0.700. The van der Waals surface area contributed by atoms with Crippen molar-refractivity contribution in [1.82, 2.24) is 0 Å². The molecule has 4 saturated carbocycles. The molecule has 0 bridgehead atoms. The van der Waals surface area contributed by atoms with Gasteiger partial charge in [-0.1, -0.05) is 146 Å². The highest BCUT2D eigenvalue weighted by atomic mass is 14.4. The SMILES string of the molecule is Cc1cc(CC2CCC(C)CC2)cc(C)c1C.Cc1cc(CCCC2CCC(C3CCC(C)CC3)CC2)cc(C)c1C.Cc1cc(C[B]CC2CCC(C)CC2)cc(C)c1C. The highest BCUT2D eigenvalue weighted by Gasteiger charge is 2.30. The maximum Gasteiger partial charge on any atom is 0.115 e. The molecule has 3 aromatic rings. The maximum atomic E-state index is 2.52. The lowest BCUT2D eigenvalue weighted by Gasteiger charge is -2.37. The number of aryl methyl sites for hydroxylation is 7. The molecule has 0 aromatic heterocycles. The lowest BCUT2D eigenvalue weighted by atomic mass is 9.62. The first-order valence-electron chi connectivity index (χ1n) is 26.2. The van der Waals surface area contributed by atoms with E-state index in [4.69, 9.17) is 0 Å². The summed E-state index contributed by atoms with van der Waals surface area (Å²) in [5.41, 5.74) is 17.7. The lowest BCUT2D eigenvalue weighted by Crippen LogP contribution is -2.25. The Kier molecular flexibility index (Phi) is 20.1. The third-order valence-corrected chi connectivity index (χ3v) is 17.3. The third-order valence-electron chi connectivity index (χ3n) is 17.3. The van der Waals surface area contributed by atoms with Crippen LogP contribution in [-0.2, 0) is 19.2 Å². The average molecular weight is 826 g/mol. The van der Waals surface area contributed by atoms with E-state index in [0.29, 0.717) is 0 Å². The molecule has 4 aliphatic carbocycles. The highest BCUT2D eigenvalue weighted by molar-refractivity contribution is 6.35. The van der Waals surface area contributed by atoms with Gasteiger partial charge in [0.2, 0.25) is 0 Å². The number of rotatable bonds is 11. The minimum absolute atomic E-state index is 0.938. The monoisotopic (exact) mass is 826 g/mol. The van der Waals surface area contributed by atoms with Crippen LogP contribution in [0, 0.1) is 110 Å². The van der Waals surface area contributed by atoms with Crippen molar-refractivity contribution in [2.75, 3.05) is 0 Å². The van der Waals surface area contributed by atoms with Crippen molar-refractivity contribution in [3.05, 3.63) is 103 Å². The molecular weight excluding hydrogens is 731 g/mol. The standard InChI is InChI=1S/C25H40.C18H28B.C17H26/c1-18-8-12-24(13-9-18)25-14-10-22(11-15-25)6-5-7-23-16-19(2)21(4)20(3)17-23;1-13-5-7-17(8-6-13)11-19-12-18-9-14(2)16(4)15(3)10-18;1-12-5-7-16(8-6-12)11-17-9-13(2)15(4)14(3)10-17/h16-18,22,24-25H,5-15H2,1-4H3;9-10,13,17H,5-8,11-12H2,1-4H3;9-10,12,16H,5-8,11H2,1-4H3. The van der Waals surface area contributed by atoms with Gasteiger partial charge in [0, 0.05) is 0 Å². The normalized spacial score (nSPS) is 26.7. The minimum atomic E-state index is 0.938. The fourth-order valence-electron chi connectivity index (χ4n) is 12.0. The molecule has 0 unspecified atom stereocenters. The molecule has 4 fully saturated rings. The molecule has 4 aliphatic rings. The van der Waals surface area contributed by atoms with Gasteiger partial charge in [0.15, 0.2) is 0 Å². The van der Waals surface area contributed by atoms with Crippen molar-refractivity contribution in [3.8, 4) is 0 Å². The summed E-state index contributed by atoms with van der Waals surface area (Å²) in [5.74, 6) is 8.01. The number of hydrogen-bond acceptors (Lipinski definition) is 0. The van der Waals surface area contributed by atoms with Gasteiger partial charge in [-0.2, -0.15) is 0 Å². The first-order valence-corrected chi connectivity index (χ1v) is 26.2. The molecule has 0 N–H and O–H groups in total. The molecule has 1 radical (unpaired) electrons. The van der Waals surface area contributed by atoms with Crippen LogP contribution >= 0.6 is 0 Å². The molecule has 0 heterocycles. The summed E-state index contributed by atoms with van der Waals surface area (Å²) in [5, 5.41) is 0. The zero-order valence-corrected chi connectivity index (χ0v) is 42.2. The molecule has 0 saturated heterocycles. The van der Waals surface area contributed by atoms with E-state index in [9.17, 15) is 0 Å². The Balaban J connectivity index is 0.000000177. The van der Waals surface area contributed by atoms with E-state index >= 15 is 0 Å². The van der Waals surface area contributed by atoms with Crippen LogP contribution in [0.25, 0.3) is 0 Å². The van der Waals surface area contributed by atoms with E-state index in [2.05, 4.69) is 127 Å². The van der Waals surface area contributed by atoms with Crippen LogP contribution in [0.15, 0.2) is 36.4 Å². The van der Waals surface area contributed by atoms with Crippen molar-refractivity contribution in [2.45, 2.75) is 224 Å². The van der Waals surface area contributed by atoms with E-state index in [-0.39, 0.29) is 0 Å². The number of benzene rings is 3. The first-order chi connectivity index (χ1) is 29.1. The molecule has 7 rings (SSSR count). The second kappa shape index (κ2) is 24.7. The molecule has 3 aromatic carbocycles. The smallest absolute Gasteiger partial charge is 0.0771 e. The third kappa shape index (κ3) is 16.0. The van der Waals surface area contributed by atoms with Gasteiger partial charge in [-0.15, -0.1) is 0 Å². The largest absolute Gasteiger partial charge is 0.115 e. The van der Waals surface area contributed by atoms with Crippen molar-refractivity contribution in [1.29, 1.82) is 0 Å². The van der Waals surface area contributed by atoms with Gasteiger partial charge in [-0.25, -0.2) is 0 Å². The van der Waals surface area contributed by atoms with Gasteiger partial charge in [-0.05, 0) is 229 Å². The molecule has 0 nitrogen and oxygen atoms in total. The van der Waals surface area contributed by atoms with Crippen molar-refractivity contribution in [2.24, 2.45) is 47.3 Å². The van der Waals surface area contributed by atoms with Gasteiger partial charge in [0.05, 0.1) is 0 Å². The van der Waals surface area contributed by atoms with Gasteiger partial charge < -0.3 is 0 Å². The Morgan fingerprint density at radius 1 is 0.393 bits per heavy atom. The van der Waals surface area contributed by atoms with Crippen molar-refractivity contribution in [3.63, 3.8) is 0 Å². The Morgan fingerprint density at radius 3 is 1.18 bits per heavy atom. The quantitative estimate of drug-likeness (QED) is 0.169. The van der Waals surface area contributed by atoms with E-state index in [1.54, 1.807) is 11.1 Å². The highest BCUT2D eigenvalue weighted by Crippen LogP contribution is 2.42. The summed E-state index contributed by atoms with van der Waals surface area (Å²) in [7, 11) is 2.52. The van der Waals surface area contributed by atoms with E-state index < -0.39 is 0 Å². The molecule has 337 valence electrons. The minimum Gasteiger partial charge on any atom is -0.0771 e. The Labute approximate surface area is 380 Å². The predicted octanol–water partition coefficient (Wildman–Crippen LogP) is 17.6. The Bertz CT molecular complexity index is 1680. The molecule has 0 aliphatic heterocycles. The Hall–Kier alpha value is -2.28.